The number of hydrazine groups is 1. The van der Waals surface area contributed by atoms with Gasteiger partial charge in [-0.25, -0.2) is 0 Å². The van der Waals surface area contributed by atoms with Gasteiger partial charge in [-0.05, 0) is 29.9 Å². The van der Waals surface area contributed by atoms with E-state index in [4.69, 9.17) is 10.6 Å². The number of rotatable bonds is 6. The summed E-state index contributed by atoms with van der Waals surface area (Å²) in [6, 6.07) is 8.76. The minimum absolute atomic E-state index is 0.0919. The standard InChI is InChI=1S/C16H26N2O/c1-3-6-12(2)11-15(18-17)16-14-8-5-4-7-13(14)9-10-19-16/h4-5,7-8,12,15-16,18H,3,6,9-11,17H2,1-2H3. The second-order valence-corrected chi connectivity index (χ2v) is 5.64. The van der Waals surface area contributed by atoms with Gasteiger partial charge in [0.25, 0.3) is 0 Å². The van der Waals surface area contributed by atoms with E-state index in [1.54, 1.807) is 0 Å². The van der Waals surface area contributed by atoms with Gasteiger partial charge >= 0.3 is 0 Å². The quantitative estimate of drug-likeness (QED) is 0.612. The zero-order valence-corrected chi connectivity index (χ0v) is 12.1. The Hall–Kier alpha value is -0.900. The molecule has 2 rings (SSSR count). The van der Waals surface area contributed by atoms with Crippen LogP contribution in [0, 0.1) is 5.92 Å². The summed E-state index contributed by atoms with van der Waals surface area (Å²) >= 11 is 0. The first kappa shape index (κ1) is 14.5. The average Bonchev–Trinajstić information content (AvgIpc) is 2.44. The molecule has 0 bridgehead atoms. The minimum atomic E-state index is 0.0919. The van der Waals surface area contributed by atoms with Crippen molar-refractivity contribution in [2.75, 3.05) is 6.61 Å². The van der Waals surface area contributed by atoms with E-state index in [1.165, 1.54) is 24.0 Å². The Kier molecular flexibility index (Phi) is 5.37. The number of hydrogen-bond acceptors (Lipinski definition) is 3. The van der Waals surface area contributed by atoms with Crippen molar-refractivity contribution in [1.82, 2.24) is 5.43 Å². The van der Waals surface area contributed by atoms with Crippen LogP contribution in [0.4, 0.5) is 0 Å². The molecule has 0 aliphatic carbocycles. The normalized spacial score (nSPS) is 21.7. The summed E-state index contributed by atoms with van der Waals surface area (Å²) in [5.74, 6) is 6.45. The van der Waals surface area contributed by atoms with E-state index in [9.17, 15) is 0 Å². The molecule has 0 saturated carbocycles. The maximum absolute atomic E-state index is 5.99. The SMILES string of the molecule is CCCC(C)CC(NN)C1OCCc2ccccc21. The Morgan fingerprint density at radius 2 is 2.21 bits per heavy atom. The van der Waals surface area contributed by atoms with Gasteiger partial charge in [0.15, 0.2) is 0 Å². The van der Waals surface area contributed by atoms with Crippen molar-refractivity contribution in [3.8, 4) is 0 Å². The van der Waals surface area contributed by atoms with Gasteiger partial charge in [-0.2, -0.15) is 0 Å². The zero-order chi connectivity index (χ0) is 13.7. The highest BCUT2D eigenvalue weighted by Gasteiger charge is 2.28. The van der Waals surface area contributed by atoms with Gasteiger partial charge in [0.2, 0.25) is 0 Å². The van der Waals surface area contributed by atoms with Crippen LogP contribution in [-0.2, 0) is 11.2 Å². The fourth-order valence-electron chi connectivity index (χ4n) is 3.08. The molecular formula is C16H26N2O. The van der Waals surface area contributed by atoms with E-state index >= 15 is 0 Å². The summed E-state index contributed by atoms with van der Waals surface area (Å²) < 4.78 is 5.99. The Labute approximate surface area is 116 Å². The molecule has 1 aliphatic rings. The van der Waals surface area contributed by atoms with Gasteiger partial charge in [0.1, 0.15) is 0 Å². The lowest BCUT2D eigenvalue weighted by Crippen LogP contribution is -2.43. The monoisotopic (exact) mass is 262 g/mol. The predicted molar refractivity (Wildman–Crippen MR) is 78.6 cm³/mol. The summed E-state index contributed by atoms with van der Waals surface area (Å²) in [7, 11) is 0. The van der Waals surface area contributed by atoms with Gasteiger partial charge in [-0.1, -0.05) is 51.0 Å². The molecular weight excluding hydrogens is 236 g/mol. The van der Waals surface area contributed by atoms with Gasteiger partial charge < -0.3 is 4.74 Å². The van der Waals surface area contributed by atoms with Crippen LogP contribution in [0.3, 0.4) is 0 Å². The first-order chi connectivity index (χ1) is 9.26. The zero-order valence-electron chi connectivity index (χ0n) is 12.1. The topological polar surface area (TPSA) is 47.3 Å². The molecule has 3 unspecified atom stereocenters. The van der Waals surface area contributed by atoms with E-state index in [2.05, 4.69) is 43.5 Å². The minimum Gasteiger partial charge on any atom is -0.371 e. The van der Waals surface area contributed by atoms with Crippen molar-refractivity contribution >= 4 is 0 Å². The number of nitrogens with one attached hydrogen (secondary N) is 1. The molecule has 3 atom stereocenters. The Morgan fingerprint density at radius 3 is 2.95 bits per heavy atom. The summed E-state index contributed by atoms with van der Waals surface area (Å²) in [4.78, 5) is 0. The van der Waals surface area contributed by atoms with Crippen molar-refractivity contribution in [3.05, 3.63) is 35.4 Å². The van der Waals surface area contributed by atoms with Crippen LogP contribution in [-0.4, -0.2) is 12.6 Å². The number of fused-ring (bicyclic) bond motifs is 1. The number of ether oxygens (including phenoxy) is 1. The Morgan fingerprint density at radius 1 is 1.42 bits per heavy atom. The van der Waals surface area contributed by atoms with Crippen molar-refractivity contribution in [2.45, 2.75) is 51.7 Å². The van der Waals surface area contributed by atoms with Crippen molar-refractivity contribution in [1.29, 1.82) is 0 Å². The molecule has 0 fully saturated rings. The lowest BCUT2D eigenvalue weighted by molar-refractivity contribution is 0.00947. The molecule has 106 valence electrons. The molecule has 0 spiro atoms. The Bertz CT molecular complexity index is 394. The molecule has 0 saturated heterocycles. The van der Waals surface area contributed by atoms with Crippen LogP contribution < -0.4 is 11.3 Å². The maximum Gasteiger partial charge on any atom is 0.0994 e. The second kappa shape index (κ2) is 7.04. The number of nitrogens with two attached hydrogens (primary N) is 1. The van der Waals surface area contributed by atoms with Crippen molar-refractivity contribution in [2.24, 2.45) is 11.8 Å². The van der Waals surface area contributed by atoms with Crippen LogP contribution in [0.5, 0.6) is 0 Å². The number of benzene rings is 1. The largest absolute Gasteiger partial charge is 0.371 e. The first-order valence-electron chi connectivity index (χ1n) is 7.41. The van der Waals surface area contributed by atoms with Crippen LogP contribution in [0.2, 0.25) is 0 Å². The molecule has 0 amide bonds. The fourth-order valence-corrected chi connectivity index (χ4v) is 3.08. The third-order valence-corrected chi connectivity index (χ3v) is 4.05. The highest BCUT2D eigenvalue weighted by molar-refractivity contribution is 5.31. The molecule has 1 aromatic rings. The Balaban J connectivity index is 2.11. The van der Waals surface area contributed by atoms with Gasteiger partial charge in [-0.15, -0.1) is 0 Å². The summed E-state index contributed by atoms with van der Waals surface area (Å²) in [5, 5.41) is 0. The van der Waals surface area contributed by atoms with Gasteiger partial charge in [0.05, 0.1) is 18.8 Å². The fraction of sp³-hybridized carbons (Fsp3) is 0.625. The molecule has 3 N–H and O–H groups in total. The van der Waals surface area contributed by atoms with Crippen LogP contribution in [0.15, 0.2) is 24.3 Å². The second-order valence-electron chi connectivity index (χ2n) is 5.64. The molecule has 1 aromatic carbocycles. The third-order valence-electron chi connectivity index (χ3n) is 4.05. The average molecular weight is 262 g/mol. The molecule has 19 heavy (non-hydrogen) atoms. The van der Waals surface area contributed by atoms with Crippen LogP contribution in [0.1, 0.15) is 50.3 Å². The molecule has 1 heterocycles. The highest BCUT2D eigenvalue weighted by Crippen LogP contribution is 2.32. The van der Waals surface area contributed by atoms with Crippen molar-refractivity contribution < 1.29 is 4.74 Å². The number of hydrogen-bond donors (Lipinski definition) is 2. The van der Waals surface area contributed by atoms with Crippen molar-refractivity contribution in [3.63, 3.8) is 0 Å². The van der Waals surface area contributed by atoms with E-state index in [0.717, 1.165) is 19.4 Å². The molecule has 3 nitrogen and oxygen atoms in total. The molecule has 0 aromatic heterocycles. The van der Waals surface area contributed by atoms with E-state index in [0.29, 0.717) is 5.92 Å². The highest BCUT2D eigenvalue weighted by atomic mass is 16.5. The van der Waals surface area contributed by atoms with E-state index in [-0.39, 0.29) is 12.1 Å². The third kappa shape index (κ3) is 3.56. The lowest BCUT2D eigenvalue weighted by atomic mass is 9.88. The smallest absolute Gasteiger partial charge is 0.0994 e. The van der Waals surface area contributed by atoms with Crippen LogP contribution >= 0.6 is 0 Å². The first-order valence-corrected chi connectivity index (χ1v) is 7.41. The predicted octanol–water partition coefficient (Wildman–Crippen LogP) is 2.96. The maximum atomic E-state index is 5.99. The summed E-state index contributed by atoms with van der Waals surface area (Å²) in [5.41, 5.74) is 5.69. The molecule has 0 radical (unpaired) electrons. The van der Waals surface area contributed by atoms with E-state index in [1.807, 2.05) is 0 Å². The van der Waals surface area contributed by atoms with Gasteiger partial charge in [0, 0.05) is 0 Å². The van der Waals surface area contributed by atoms with E-state index < -0.39 is 0 Å². The summed E-state index contributed by atoms with van der Waals surface area (Å²) in [6.45, 7) is 5.32. The van der Waals surface area contributed by atoms with Gasteiger partial charge in [-0.3, -0.25) is 11.3 Å². The molecule has 1 aliphatic heterocycles. The summed E-state index contributed by atoms with van der Waals surface area (Å²) in [6.07, 6.45) is 4.62. The molecule has 3 heteroatoms. The lowest BCUT2D eigenvalue weighted by Gasteiger charge is -2.33. The van der Waals surface area contributed by atoms with Crippen LogP contribution in [0.25, 0.3) is 0 Å².